The van der Waals surface area contributed by atoms with E-state index in [1.54, 1.807) is 0 Å². The second-order valence-corrected chi connectivity index (χ2v) is 6.43. The Morgan fingerprint density at radius 1 is 1.25 bits per heavy atom. The number of ether oxygens (including phenoxy) is 1. The lowest BCUT2D eigenvalue weighted by atomic mass is 9.95. The lowest BCUT2D eigenvalue weighted by molar-refractivity contribution is -0.133. The summed E-state index contributed by atoms with van der Waals surface area (Å²) < 4.78 is 5.38. The Hall–Kier alpha value is -1.83. The van der Waals surface area contributed by atoms with Crippen molar-refractivity contribution in [1.29, 1.82) is 0 Å². The van der Waals surface area contributed by atoms with Crippen LogP contribution in [0.3, 0.4) is 0 Å². The van der Waals surface area contributed by atoms with Gasteiger partial charge in [-0.05, 0) is 19.3 Å². The summed E-state index contributed by atoms with van der Waals surface area (Å²) >= 11 is 5.24. The van der Waals surface area contributed by atoms with Crippen molar-refractivity contribution in [2.45, 2.75) is 31.3 Å². The van der Waals surface area contributed by atoms with Crippen LogP contribution in [0.2, 0.25) is 0 Å². The van der Waals surface area contributed by atoms with E-state index in [1.807, 2.05) is 30.3 Å². The number of amides is 1. The summed E-state index contributed by atoms with van der Waals surface area (Å²) in [5.41, 5.74) is 6.65. The third-order valence-corrected chi connectivity index (χ3v) is 4.84. The Labute approximate surface area is 147 Å². The molecule has 0 unspecified atom stereocenters. The van der Waals surface area contributed by atoms with E-state index in [0.717, 1.165) is 44.6 Å². The van der Waals surface area contributed by atoms with Crippen molar-refractivity contribution in [1.82, 2.24) is 10.2 Å². The van der Waals surface area contributed by atoms with Crippen molar-refractivity contribution < 1.29 is 9.53 Å². The van der Waals surface area contributed by atoms with Gasteiger partial charge in [-0.2, -0.15) is 0 Å². The molecule has 24 heavy (non-hydrogen) atoms. The van der Waals surface area contributed by atoms with Crippen LogP contribution in [-0.2, 0) is 9.53 Å². The van der Waals surface area contributed by atoms with E-state index in [0.29, 0.717) is 11.0 Å². The third kappa shape index (κ3) is 3.98. The summed E-state index contributed by atoms with van der Waals surface area (Å²) in [6, 6.07) is 9.68. The van der Waals surface area contributed by atoms with Crippen LogP contribution in [-0.4, -0.2) is 53.6 Å². The molecule has 1 amide bonds. The normalized spacial score (nSPS) is 22.7. The lowest BCUT2D eigenvalue weighted by Crippen LogP contribution is -2.61. The fraction of sp³-hybridized carbons (Fsp3) is 0.471. The van der Waals surface area contributed by atoms with E-state index in [2.05, 4.69) is 15.2 Å². The molecule has 0 bridgehead atoms. The fourth-order valence-electron chi connectivity index (χ4n) is 3.13. The first kappa shape index (κ1) is 17.0. The van der Waals surface area contributed by atoms with Gasteiger partial charge >= 0.3 is 0 Å². The maximum Gasteiger partial charge on any atom is 0.244 e. The van der Waals surface area contributed by atoms with Gasteiger partial charge in [0, 0.05) is 31.4 Å². The van der Waals surface area contributed by atoms with Gasteiger partial charge in [0.15, 0.2) is 0 Å². The van der Waals surface area contributed by atoms with Gasteiger partial charge in [-0.15, -0.1) is 0 Å². The van der Waals surface area contributed by atoms with Gasteiger partial charge in [-0.3, -0.25) is 15.0 Å². The molecule has 128 valence electrons. The van der Waals surface area contributed by atoms with E-state index in [4.69, 9.17) is 22.7 Å². The number of thiocarbonyl (C=S) groups is 1. The summed E-state index contributed by atoms with van der Waals surface area (Å²) in [7, 11) is 0. The first-order chi connectivity index (χ1) is 11.6. The molecular formula is C17H22N4O2S. The van der Waals surface area contributed by atoms with Gasteiger partial charge in [0.25, 0.3) is 0 Å². The van der Waals surface area contributed by atoms with Crippen LogP contribution < -0.4 is 11.1 Å². The molecular weight excluding hydrogens is 324 g/mol. The molecule has 2 aliphatic heterocycles. The van der Waals surface area contributed by atoms with Crippen molar-refractivity contribution in [3.8, 4) is 0 Å². The number of benzene rings is 1. The van der Waals surface area contributed by atoms with Crippen LogP contribution in [0.5, 0.6) is 0 Å². The predicted octanol–water partition coefficient (Wildman–Crippen LogP) is 1.05. The van der Waals surface area contributed by atoms with Crippen LogP contribution in [0.1, 0.15) is 24.8 Å². The topological polar surface area (TPSA) is 79.9 Å². The van der Waals surface area contributed by atoms with Crippen molar-refractivity contribution in [3.63, 3.8) is 0 Å². The zero-order valence-electron chi connectivity index (χ0n) is 13.5. The monoisotopic (exact) mass is 346 g/mol. The van der Waals surface area contributed by atoms with Crippen LogP contribution in [0.15, 0.2) is 35.3 Å². The van der Waals surface area contributed by atoms with Gasteiger partial charge in [0.05, 0.1) is 6.04 Å². The number of nitrogens with zero attached hydrogens (tertiary/aromatic N) is 2. The lowest BCUT2D eigenvalue weighted by Gasteiger charge is -2.46. The van der Waals surface area contributed by atoms with Crippen molar-refractivity contribution in [3.05, 3.63) is 35.9 Å². The smallest absolute Gasteiger partial charge is 0.244 e. The number of aliphatic imine (C=N–C) groups is 1. The molecule has 7 heteroatoms. The van der Waals surface area contributed by atoms with E-state index in [9.17, 15) is 4.79 Å². The number of carbonyl (C=O) groups excluding carboxylic acids is 1. The number of hydrogen-bond donors (Lipinski definition) is 2. The number of nitrogens with two attached hydrogens (primary N) is 1. The molecule has 0 aliphatic carbocycles. The number of likely N-dealkylation sites (tertiary alicyclic amines) is 1. The molecule has 0 radical (unpaired) electrons. The largest absolute Gasteiger partial charge is 0.381 e. The quantitative estimate of drug-likeness (QED) is 0.486. The molecule has 1 aromatic rings. The molecule has 3 N–H and O–H groups in total. The number of hydrogen-bond acceptors (Lipinski definition) is 4. The Morgan fingerprint density at radius 3 is 2.58 bits per heavy atom. The molecule has 2 saturated heterocycles. The van der Waals surface area contributed by atoms with Gasteiger partial charge in [0.1, 0.15) is 4.99 Å². The average Bonchev–Trinajstić information content (AvgIpc) is 2.55. The third-order valence-electron chi connectivity index (χ3n) is 4.52. The SMILES string of the molecule is NC(=NC(=S)c1ccccc1)NC(=O)[C@@H]1CCN1C1CCOCC1. The minimum atomic E-state index is -0.132. The predicted molar refractivity (Wildman–Crippen MR) is 96.9 cm³/mol. The summed E-state index contributed by atoms with van der Waals surface area (Å²) in [5, 5.41) is 2.68. The number of nitrogens with one attached hydrogen (secondary N) is 1. The minimum Gasteiger partial charge on any atom is -0.381 e. The van der Waals surface area contributed by atoms with E-state index >= 15 is 0 Å². The van der Waals surface area contributed by atoms with Crippen LogP contribution in [0, 0.1) is 0 Å². The number of guanidine groups is 1. The molecule has 1 atom stereocenters. The summed E-state index contributed by atoms with van der Waals surface area (Å²) in [4.78, 5) is 19.1. The summed E-state index contributed by atoms with van der Waals surface area (Å²) in [6.45, 7) is 2.48. The van der Waals surface area contributed by atoms with E-state index in [-0.39, 0.29) is 17.9 Å². The van der Waals surface area contributed by atoms with Gasteiger partial charge in [-0.1, -0.05) is 42.5 Å². The zero-order chi connectivity index (χ0) is 16.9. The maximum absolute atomic E-state index is 12.4. The van der Waals surface area contributed by atoms with Crippen molar-refractivity contribution in [2.75, 3.05) is 19.8 Å². The van der Waals surface area contributed by atoms with Crippen LogP contribution in [0.25, 0.3) is 0 Å². The number of carbonyl (C=O) groups is 1. The molecule has 0 aromatic heterocycles. The molecule has 2 aliphatic rings. The van der Waals surface area contributed by atoms with Gasteiger partial charge < -0.3 is 10.5 Å². The summed E-state index contributed by atoms with van der Waals surface area (Å²) in [5.74, 6) is -0.0578. The van der Waals surface area contributed by atoms with Crippen LogP contribution >= 0.6 is 12.2 Å². The van der Waals surface area contributed by atoms with E-state index < -0.39 is 0 Å². The standard InChI is InChI=1S/C17H22N4O2S/c18-17(20-16(24)12-4-2-1-3-5-12)19-15(22)14-6-9-21(14)13-7-10-23-11-8-13/h1-5,13-14H,6-11H2,(H3,18,19,20,22,24)/t14-/m0/s1. The highest BCUT2D eigenvalue weighted by molar-refractivity contribution is 7.80. The molecule has 3 rings (SSSR count). The first-order valence-electron chi connectivity index (χ1n) is 8.23. The Morgan fingerprint density at radius 2 is 1.96 bits per heavy atom. The maximum atomic E-state index is 12.4. The average molecular weight is 346 g/mol. The second-order valence-electron chi connectivity index (χ2n) is 6.04. The van der Waals surface area contributed by atoms with Gasteiger partial charge in [-0.25, -0.2) is 4.99 Å². The highest BCUT2D eigenvalue weighted by Gasteiger charge is 2.39. The molecule has 0 saturated carbocycles. The molecule has 2 fully saturated rings. The second kappa shape index (κ2) is 7.83. The van der Waals surface area contributed by atoms with Crippen LogP contribution in [0.4, 0.5) is 0 Å². The summed E-state index contributed by atoms with van der Waals surface area (Å²) in [6.07, 6.45) is 2.80. The van der Waals surface area contributed by atoms with Crippen molar-refractivity contribution in [2.24, 2.45) is 10.7 Å². The van der Waals surface area contributed by atoms with E-state index in [1.165, 1.54) is 0 Å². The fourth-order valence-corrected chi connectivity index (χ4v) is 3.37. The van der Waals surface area contributed by atoms with Crippen molar-refractivity contribution >= 4 is 29.1 Å². The Balaban J connectivity index is 1.56. The Bertz CT molecular complexity index is 629. The molecule has 6 nitrogen and oxygen atoms in total. The van der Waals surface area contributed by atoms with Gasteiger partial charge in [0.2, 0.25) is 11.9 Å². The zero-order valence-corrected chi connectivity index (χ0v) is 14.3. The molecule has 1 aromatic carbocycles. The first-order valence-corrected chi connectivity index (χ1v) is 8.64. The Kier molecular flexibility index (Phi) is 5.55. The highest BCUT2D eigenvalue weighted by Crippen LogP contribution is 2.26. The minimum absolute atomic E-state index is 0.0488. The molecule has 0 spiro atoms. The number of rotatable bonds is 3. The highest BCUT2D eigenvalue weighted by atomic mass is 32.1. The molecule has 2 heterocycles.